The molecule has 1 unspecified atom stereocenters. The quantitative estimate of drug-likeness (QED) is 0.680. The number of ether oxygens (including phenoxy) is 2. The number of rotatable bonds is 7. The molecule has 0 saturated carbocycles. The van der Waals surface area contributed by atoms with E-state index < -0.39 is 0 Å². The van der Waals surface area contributed by atoms with Crippen LogP contribution in [0.3, 0.4) is 0 Å². The summed E-state index contributed by atoms with van der Waals surface area (Å²) < 4.78 is 10.4. The number of methoxy groups -OCH3 is 2. The van der Waals surface area contributed by atoms with E-state index in [4.69, 9.17) is 9.47 Å². The summed E-state index contributed by atoms with van der Waals surface area (Å²) >= 11 is 0. The maximum absolute atomic E-state index is 12.8. The highest BCUT2D eigenvalue weighted by atomic mass is 16.5. The van der Waals surface area contributed by atoms with Gasteiger partial charge in [0.2, 0.25) is 0 Å². The largest absolute Gasteiger partial charge is 0.497 e. The first-order chi connectivity index (χ1) is 13.2. The van der Waals surface area contributed by atoms with E-state index in [1.807, 2.05) is 78.9 Å². The topological polar surface area (TPSA) is 47.6 Å². The fraction of sp³-hybridized carbons (Fsp3) is 0.174. The predicted octanol–water partition coefficient (Wildman–Crippen LogP) is 4.36. The zero-order valence-corrected chi connectivity index (χ0v) is 15.5. The van der Waals surface area contributed by atoms with E-state index in [1.54, 1.807) is 14.2 Å². The third-order valence-electron chi connectivity index (χ3n) is 4.38. The van der Waals surface area contributed by atoms with Crippen molar-refractivity contribution in [3.63, 3.8) is 0 Å². The van der Waals surface area contributed by atoms with Crippen molar-refractivity contribution in [1.29, 1.82) is 0 Å². The Morgan fingerprint density at radius 3 is 2.07 bits per heavy atom. The highest BCUT2D eigenvalue weighted by molar-refractivity contribution is 5.94. The lowest BCUT2D eigenvalue weighted by molar-refractivity contribution is 0.0943. The standard InChI is InChI=1S/C23H23NO3/c1-26-16-17-8-10-20(11-9-17)23(25)24-22(18-6-4-3-5-7-18)19-12-14-21(27-2)15-13-19/h3-15,22H,16H2,1-2H3,(H,24,25). The fourth-order valence-electron chi connectivity index (χ4n) is 2.93. The maximum atomic E-state index is 12.8. The summed E-state index contributed by atoms with van der Waals surface area (Å²) in [4.78, 5) is 12.8. The molecule has 0 aliphatic carbocycles. The Bertz CT molecular complexity index is 858. The molecule has 3 rings (SSSR count). The molecule has 1 atom stereocenters. The Hall–Kier alpha value is -3.11. The molecule has 4 nitrogen and oxygen atoms in total. The monoisotopic (exact) mass is 361 g/mol. The molecule has 1 amide bonds. The molecule has 1 N–H and O–H groups in total. The number of benzene rings is 3. The molecule has 27 heavy (non-hydrogen) atoms. The SMILES string of the molecule is COCc1ccc(C(=O)NC(c2ccccc2)c2ccc(OC)cc2)cc1. The normalized spacial score (nSPS) is 11.6. The zero-order chi connectivity index (χ0) is 19.1. The highest BCUT2D eigenvalue weighted by Crippen LogP contribution is 2.24. The van der Waals surface area contributed by atoms with Gasteiger partial charge in [0, 0.05) is 12.7 Å². The molecule has 0 bridgehead atoms. The lowest BCUT2D eigenvalue weighted by atomic mass is 9.98. The average molecular weight is 361 g/mol. The van der Waals surface area contributed by atoms with Gasteiger partial charge in [0.1, 0.15) is 5.75 Å². The first-order valence-electron chi connectivity index (χ1n) is 8.79. The van der Waals surface area contributed by atoms with E-state index in [0.29, 0.717) is 12.2 Å². The molecule has 0 radical (unpaired) electrons. The Labute approximate surface area is 159 Å². The smallest absolute Gasteiger partial charge is 0.252 e. The Morgan fingerprint density at radius 2 is 1.48 bits per heavy atom. The summed E-state index contributed by atoms with van der Waals surface area (Å²) in [7, 11) is 3.29. The van der Waals surface area contributed by atoms with Crippen LogP contribution in [0.1, 0.15) is 33.1 Å². The van der Waals surface area contributed by atoms with Gasteiger partial charge in [-0.05, 0) is 41.0 Å². The van der Waals surface area contributed by atoms with Gasteiger partial charge < -0.3 is 14.8 Å². The lowest BCUT2D eigenvalue weighted by Gasteiger charge is -2.20. The van der Waals surface area contributed by atoms with Gasteiger partial charge in [-0.25, -0.2) is 0 Å². The van der Waals surface area contributed by atoms with Crippen LogP contribution in [-0.4, -0.2) is 20.1 Å². The number of hydrogen-bond donors (Lipinski definition) is 1. The molecule has 0 saturated heterocycles. The van der Waals surface area contributed by atoms with Crippen molar-refractivity contribution in [2.45, 2.75) is 12.6 Å². The first kappa shape index (κ1) is 18.7. The Balaban J connectivity index is 1.85. The Morgan fingerprint density at radius 1 is 0.852 bits per heavy atom. The second-order valence-electron chi connectivity index (χ2n) is 6.22. The number of hydrogen-bond acceptors (Lipinski definition) is 3. The molecule has 0 aliphatic heterocycles. The van der Waals surface area contributed by atoms with Crippen molar-refractivity contribution in [3.05, 3.63) is 101 Å². The molecule has 0 fully saturated rings. The van der Waals surface area contributed by atoms with Crippen LogP contribution < -0.4 is 10.1 Å². The summed E-state index contributed by atoms with van der Waals surface area (Å²) in [5.74, 6) is 0.661. The van der Waals surface area contributed by atoms with Gasteiger partial charge in [-0.3, -0.25) is 4.79 Å². The zero-order valence-electron chi connectivity index (χ0n) is 15.5. The van der Waals surface area contributed by atoms with Gasteiger partial charge in [0.05, 0.1) is 19.8 Å². The van der Waals surface area contributed by atoms with Crippen LogP contribution in [0, 0.1) is 0 Å². The summed E-state index contributed by atoms with van der Waals surface area (Å²) in [6.07, 6.45) is 0. The van der Waals surface area contributed by atoms with Crippen LogP contribution in [0.2, 0.25) is 0 Å². The van der Waals surface area contributed by atoms with Crippen LogP contribution >= 0.6 is 0 Å². The molecular formula is C23H23NO3. The van der Waals surface area contributed by atoms with E-state index in [2.05, 4.69) is 5.32 Å². The number of carbonyl (C=O) groups is 1. The van der Waals surface area contributed by atoms with E-state index >= 15 is 0 Å². The molecule has 0 heterocycles. The first-order valence-corrected chi connectivity index (χ1v) is 8.79. The van der Waals surface area contributed by atoms with E-state index in [0.717, 1.165) is 22.4 Å². The highest BCUT2D eigenvalue weighted by Gasteiger charge is 2.18. The molecule has 0 aromatic heterocycles. The fourth-order valence-corrected chi connectivity index (χ4v) is 2.93. The molecule has 0 spiro atoms. The number of carbonyl (C=O) groups excluding carboxylic acids is 1. The lowest BCUT2D eigenvalue weighted by Crippen LogP contribution is -2.29. The third-order valence-corrected chi connectivity index (χ3v) is 4.38. The van der Waals surface area contributed by atoms with Gasteiger partial charge in [-0.15, -0.1) is 0 Å². The van der Waals surface area contributed by atoms with Crippen molar-refractivity contribution in [2.75, 3.05) is 14.2 Å². The minimum atomic E-state index is -0.247. The average Bonchev–Trinajstić information content (AvgIpc) is 2.73. The summed E-state index contributed by atoms with van der Waals surface area (Å²) in [5.41, 5.74) is 3.66. The molecule has 4 heteroatoms. The molecule has 3 aromatic rings. The van der Waals surface area contributed by atoms with E-state index in [9.17, 15) is 4.79 Å². The molecule has 138 valence electrons. The van der Waals surface area contributed by atoms with Crippen LogP contribution in [0.15, 0.2) is 78.9 Å². The maximum Gasteiger partial charge on any atom is 0.252 e. The second kappa shape index (κ2) is 9.01. The molecule has 0 aliphatic rings. The van der Waals surface area contributed by atoms with Crippen LogP contribution in [0.5, 0.6) is 5.75 Å². The summed E-state index contributed by atoms with van der Waals surface area (Å²) in [5, 5.41) is 3.14. The van der Waals surface area contributed by atoms with Crippen molar-refractivity contribution in [2.24, 2.45) is 0 Å². The van der Waals surface area contributed by atoms with Gasteiger partial charge in [0.25, 0.3) is 5.91 Å². The summed E-state index contributed by atoms with van der Waals surface area (Å²) in [6, 6.07) is 24.9. The molecule has 3 aromatic carbocycles. The van der Waals surface area contributed by atoms with Crippen LogP contribution in [-0.2, 0) is 11.3 Å². The van der Waals surface area contributed by atoms with Crippen LogP contribution in [0.4, 0.5) is 0 Å². The second-order valence-corrected chi connectivity index (χ2v) is 6.22. The van der Waals surface area contributed by atoms with Gasteiger partial charge >= 0.3 is 0 Å². The van der Waals surface area contributed by atoms with E-state index in [1.165, 1.54) is 0 Å². The number of nitrogens with one attached hydrogen (secondary N) is 1. The minimum absolute atomic E-state index is 0.122. The van der Waals surface area contributed by atoms with Crippen molar-refractivity contribution >= 4 is 5.91 Å². The minimum Gasteiger partial charge on any atom is -0.497 e. The predicted molar refractivity (Wildman–Crippen MR) is 106 cm³/mol. The summed E-state index contributed by atoms with van der Waals surface area (Å²) in [6.45, 7) is 0.528. The van der Waals surface area contributed by atoms with Crippen molar-refractivity contribution in [3.8, 4) is 5.75 Å². The third kappa shape index (κ3) is 4.74. The van der Waals surface area contributed by atoms with Gasteiger partial charge in [0.15, 0.2) is 0 Å². The van der Waals surface area contributed by atoms with Gasteiger partial charge in [-0.1, -0.05) is 54.6 Å². The molecular weight excluding hydrogens is 338 g/mol. The van der Waals surface area contributed by atoms with Gasteiger partial charge in [-0.2, -0.15) is 0 Å². The number of amides is 1. The van der Waals surface area contributed by atoms with E-state index in [-0.39, 0.29) is 11.9 Å². The Kier molecular flexibility index (Phi) is 6.23. The van der Waals surface area contributed by atoms with Crippen molar-refractivity contribution in [1.82, 2.24) is 5.32 Å². The van der Waals surface area contributed by atoms with Crippen LogP contribution in [0.25, 0.3) is 0 Å². The van der Waals surface area contributed by atoms with Crippen molar-refractivity contribution < 1.29 is 14.3 Å².